The molecule has 0 aliphatic heterocycles. The summed E-state index contributed by atoms with van der Waals surface area (Å²) < 4.78 is 0. The largest absolute Gasteiger partial charge is 0.231 e. The van der Waals surface area contributed by atoms with E-state index in [1.807, 2.05) is 109 Å². The van der Waals surface area contributed by atoms with E-state index in [0.29, 0.717) is 0 Å². The summed E-state index contributed by atoms with van der Waals surface area (Å²) in [5.74, 6) is 0. The van der Waals surface area contributed by atoms with Crippen LogP contribution in [0.2, 0.25) is 0 Å². The second-order valence-electron chi connectivity index (χ2n) is 3.77. The lowest BCUT2D eigenvalue weighted by Crippen LogP contribution is -1.47. The van der Waals surface area contributed by atoms with Gasteiger partial charge in [0.25, 0.3) is 0 Å². The van der Waals surface area contributed by atoms with Gasteiger partial charge in [0.15, 0.2) is 0 Å². The Morgan fingerprint density at radius 2 is 0.333 bits per heavy atom. The smallest absolute Gasteiger partial charge is 0.222 e. The summed E-state index contributed by atoms with van der Waals surface area (Å²) in [5, 5.41) is 16.2. The molecule has 0 saturated carbocycles. The van der Waals surface area contributed by atoms with Crippen LogP contribution in [0.3, 0.4) is 0 Å². The Morgan fingerprint density at radius 1 is 0.296 bits per heavy atom. The molecule has 6 heteroatoms. The Labute approximate surface area is 158 Å². The highest BCUT2D eigenvalue weighted by Crippen LogP contribution is 1.81. The number of hydrogen-bond acceptors (Lipinski definition) is 6. The standard InChI is InChI=1S/3C6H6.3CHNO/c3*1-2-4-6-5-3-1;3*2-1-3/h3*1-6H;3*2H. The molecule has 0 aromatic heterocycles. The fourth-order valence-electron chi connectivity index (χ4n) is 1.15. The first-order chi connectivity index (χ1) is 13.2. The van der Waals surface area contributed by atoms with Crippen molar-refractivity contribution in [3.63, 3.8) is 0 Å². The third-order valence-corrected chi connectivity index (χ3v) is 2.00. The van der Waals surface area contributed by atoms with Crippen LogP contribution in [-0.4, -0.2) is 18.2 Å². The van der Waals surface area contributed by atoms with E-state index in [4.69, 9.17) is 30.6 Å². The van der Waals surface area contributed by atoms with Crippen molar-refractivity contribution in [2.45, 2.75) is 0 Å². The van der Waals surface area contributed by atoms with E-state index in [1.54, 1.807) is 0 Å². The molecule has 0 spiro atoms. The molecule has 138 valence electrons. The highest BCUT2D eigenvalue weighted by Gasteiger charge is 1.59. The van der Waals surface area contributed by atoms with Crippen LogP contribution in [0.5, 0.6) is 0 Å². The summed E-state index contributed by atoms with van der Waals surface area (Å²) in [6, 6.07) is 36.0. The van der Waals surface area contributed by atoms with Gasteiger partial charge in [0.2, 0.25) is 18.2 Å². The number of isocyanates is 3. The van der Waals surface area contributed by atoms with Gasteiger partial charge >= 0.3 is 0 Å². The first-order valence-corrected chi connectivity index (χ1v) is 7.36. The van der Waals surface area contributed by atoms with Crippen LogP contribution in [-0.2, 0) is 14.4 Å². The van der Waals surface area contributed by atoms with Crippen molar-refractivity contribution in [1.29, 1.82) is 16.2 Å². The highest BCUT2D eigenvalue weighted by atomic mass is 16.1. The summed E-state index contributed by atoms with van der Waals surface area (Å²) in [5.41, 5.74) is 0. The van der Waals surface area contributed by atoms with Crippen LogP contribution in [0.15, 0.2) is 109 Å². The van der Waals surface area contributed by atoms with Gasteiger partial charge in [-0.15, -0.1) is 0 Å². The molecule has 0 saturated heterocycles. The van der Waals surface area contributed by atoms with Crippen molar-refractivity contribution in [3.8, 4) is 0 Å². The molecular weight excluding hydrogens is 342 g/mol. The first kappa shape index (κ1) is 27.6. The van der Waals surface area contributed by atoms with Gasteiger partial charge in [0.05, 0.1) is 0 Å². The van der Waals surface area contributed by atoms with E-state index < -0.39 is 0 Å². The maximum Gasteiger partial charge on any atom is 0.231 e. The molecule has 0 atom stereocenters. The number of rotatable bonds is 0. The fraction of sp³-hybridized carbons (Fsp3) is 0. The van der Waals surface area contributed by atoms with Gasteiger partial charge in [-0.2, -0.15) is 0 Å². The molecule has 0 aliphatic carbocycles. The molecule has 3 aromatic carbocycles. The van der Waals surface area contributed by atoms with Gasteiger partial charge in [-0.05, 0) is 0 Å². The number of nitrogens with one attached hydrogen (secondary N) is 3. The summed E-state index contributed by atoms with van der Waals surface area (Å²) >= 11 is 0. The SMILES string of the molecule is N=C=O.N=C=O.N=C=O.c1ccccc1.c1ccccc1.c1ccccc1. The second-order valence-corrected chi connectivity index (χ2v) is 3.77. The van der Waals surface area contributed by atoms with Crippen molar-refractivity contribution < 1.29 is 14.4 Å². The summed E-state index contributed by atoms with van der Waals surface area (Å²) in [4.78, 5) is 25.0. The number of carbonyl (C=O) groups excluding carboxylic acids is 3. The molecule has 27 heavy (non-hydrogen) atoms. The lowest BCUT2D eigenvalue weighted by atomic mass is 10.4. The maximum absolute atomic E-state index is 8.35. The minimum atomic E-state index is 0.750. The molecule has 0 radical (unpaired) electrons. The molecule has 0 unspecified atom stereocenters. The first-order valence-electron chi connectivity index (χ1n) is 7.36. The minimum absolute atomic E-state index is 0.750. The van der Waals surface area contributed by atoms with Gasteiger partial charge in [-0.25, -0.2) is 30.6 Å². The van der Waals surface area contributed by atoms with Crippen molar-refractivity contribution in [2.75, 3.05) is 0 Å². The predicted octanol–water partition coefficient (Wildman–Crippen LogP) is 4.76. The summed E-state index contributed by atoms with van der Waals surface area (Å²) in [6.45, 7) is 0. The van der Waals surface area contributed by atoms with Gasteiger partial charge in [0, 0.05) is 0 Å². The molecule has 3 aromatic rings. The Balaban J connectivity index is -0.000000266. The van der Waals surface area contributed by atoms with E-state index in [0.717, 1.165) is 18.2 Å². The normalized spacial score (nSPS) is 6.22. The van der Waals surface area contributed by atoms with Crippen LogP contribution in [0, 0.1) is 16.2 Å². The monoisotopic (exact) mass is 363 g/mol. The third-order valence-electron chi connectivity index (χ3n) is 2.00. The van der Waals surface area contributed by atoms with Crippen LogP contribution in [0.1, 0.15) is 0 Å². The Bertz CT molecular complexity index is 520. The highest BCUT2D eigenvalue weighted by molar-refractivity contribution is 5.26. The average molecular weight is 363 g/mol. The lowest BCUT2D eigenvalue weighted by molar-refractivity contribution is 0.562. The second kappa shape index (κ2) is 33.4. The van der Waals surface area contributed by atoms with E-state index in [-0.39, 0.29) is 0 Å². The number of benzene rings is 3. The van der Waals surface area contributed by atoms with Crippen molar-refractivity contribution in [2.24, 2.45) is 0 Å². The molecule has 6 nitrogen and oxygen atoms in total. The summed E-state index contributed by atoms with van der Waals surface area (Å²) in [7, 11) is 0. The molecule has 0 fully saturated rings. The topological polar surface area (TPSA) is 123 Å². The van der Waals surface area contributed by atoms with Crippen LogP contribution >= 0.6 is 0 Å². The molecule has 0 aliphatic rings. The number of hydrogen-bond donors (Lipinski definition) is 3. The molecule has 0 amide bonds. The maximum atomic E-state index is 8.35. The molecular formula is C21H21N3O3. The zero-order chi connectivity index (χ0) is 20.8. The lowest BCUT2D eigenvalue weighted by Gasteiger charge is -1.69. The van der Waals surface area contributed by atoms with Gasteiger partial charge in [0.1, 0.15) is 0 Å². The fourth-order valence-corrected chi connectivity index (χ4v) is 1.15. The molecule has 0 bridgehead atoms. The average Bonchev–Trinajstić information content (AvgIpc) is 2.75. The van der Waals surface area contributed by atoms with E-state index in [9.17, 15) is 0 Å². The third kappa shape index (κ3) is 44.9. The van der Waals surface area contributed by atoms with Crippen LogP contribution in [0.25, 0.3) is 0 Å². The quantitative estimate of drug-likeness (QED) is 0.394. The zero-order valence-electron chi connectivity index (χ0n) is 14.6. The zero-order valence-corrected chi connectivity index (χ0v) is 14.6. The van der Waals surface area contributed by atoms with Gasteiger partial charge in [-0.1, -0.05) is 109 Å². The Morgan fingerprint density at radius 3 is 0.370 bits per heavy atom. The van der Waals surface area contributed by atoms with Crippen LogP contribution in [0.4, 0.5) is 0 Å². The van der Waals surface area contributed by atoms with E-state index in [2.05, 4.69) is 0 Å². The predicted molar refractivity (Wildman–Crippen MR) is 105 cm³/mol. The van der Waals surface area contributed by atoms with Crippen LogP contribution < -0.4 is 0 Å². The Kier molecular flexibility index (Phi) is 34.2. The van der Waals surface area contributed by atoms with Crippen molar-refractivity contribution >= 4 is 18.2 Å². The minimum Gasteiger partial charge on any atom is -0.222 e. The van der Waals surface area contributed by atoms with Crippen molar-refractivity contribution in [1.82, 2.24) is 0 Å². The Hall–Kier alpha value is -4.20. The molecule has 3 N–H and O–H groups in total. The van der Waals surface area contributed by atoms with E-state index >= 15 is 0 Å². The van der Waals surface area contributed by atoms with E-state index in [1.165, 1.54) is 0 Å². The molecule has 0 heterocycles. The van der Waals surface area contributed by atoms with Crippen molar-refractivity contribution in [3.05, 3.63) is 109 Å². The van der Waals surface area contributed by atoms with Gasteiger partial charge < -0.3 is 0 Å². The van der Waals surface area contributed by atoms with Gasteiger partial charge in [-0.3, -0.25) is 0 Å². The molecule has 3 rings (SSSR count). The summed E-state index contributed by atoms with van der Waals surface area (Å²) in [6.07, 6.45) is 2.25.